The number of aromatic nitrogens is 1. The first-order valence-corrected chi connectivity index (χ1v) is 11.0. The number of carbonyl (C=O) groups excluding carboxylic acids is 1. The Balaban J connectivity index is 1.34. The van der Waals surface area contributed by atoms with Crippen molar-refractivity contribution >= 4 is 44.7 Å². The van der Waals surface area contributed by atoms with Crippen LogP contribution in [0.25, 0.3) is 10.2 Å². The number of pyridine rings is 1. The van der Waals surface area contributed by atoms with Crippen LogP contribution >= 0.6 is 22.9 Å². The van der Waals surface area contributed by atoms with E-state index in [1.165, 1.54) is 54.6 Å². The Kier molecular flexibility index (Phi) is 5.83. The molecule has 1 fully saturated rings. The summed E-state index contributed by atoms with van der Waals surface area (Å²) in [7, 11) is 0. The van der Waals surface area contributed by atoms with E-state index in [2.05, 4.69) is 34.6 Å². The van der Waals surface area contributed by atoms with Crippen LogP contribution in [0.2, 0.25) is 5.15 Å². The molecule has 0 bridgehead atoms. The molecule has 4 rings (SSSR count). The average Bonchev–Trinajstić information content (AvgIpc) is 3.05. The van der Waals surface area contributed by atoms with Crippen LogP contribution < -0.4 is 11.1 Å². The van der Waals surface area contributed by atoms with E-state index < -0.39 is 0 Å². The van der Waals surface area contributed by atoms with Crippen molar-refractivity contribution in [2.45, 2.75) is 44.4 Å². The van der Waals surface area contributed by atoms with Crippen molar-refractivity contribution < 1.29 is 4.79 Å². The zero-order valence-electron chi connectivity index (χ0n) is 15.7. The minimum Gasteiger partial charge on any atom is -0.397 e. The summed E-state index contributed by atoms with van der Waals surface area (Å²) in [6.45, 7) is 0.573. The van der Waals surface area contributed by atoms with Crippen molar-refractivity contribution in [2.24, 2.45) is 0 Å². The number of hydrogen-bond donors (Lipinski definition) is 2. The first-order valence-electron chi connectivity index (χ1n) is 9.83. The van der Waals surface area contributed by atoms with Gasteiger partial charge in [0.25, 0.3) is 5.91 Å². The molecule has 0 spiro atoms. The van der Waals surface area contributed by atoms with Gasteiger partial charge in [0.2, 0.25) is 0 Å². The quantitative estimate of drug-likeness (QED) is 0.538. The molecule has 1 saturated carbocycles. The topological polar surface area (TPSA) is 68.0 Å². The van der Waals surface area contributed by atoms with E-state index in [1.807, 2.05) is 0 Å². The molecule has 0 saturated heterocycles. The first kappa shape index (κ1) is 19.2. The highest BCUT2D eigenvalue weighted by molar-refractivity contribution is 7.21. The van der Waals surface area contributed by atoms with Crippen molar-refractivity contribution in [2.75, 3.05) is 12.3 Å². The fourth-order valence-electron chi connectivity index (χ4n) is 3.94. The van der Waals surface area contributed by atoms with Crippen molar-refractivity contribution in [3.63, 3.8) is 0 Å². The molecule has 0 unspecified atom stereocenters. The van der Waals surface area contributed by atoms with E-state index in [4.69, 9.17) is 17.3 Å². The minimum atomic E-state index is -0.157. The summed E-state index contributed by atoms with van der Waals surface area (Å²) in [5, 5.41) is 4.15. The van der Waals surface area contributed by atoms with Crippen LogP contribution in [0.15, 0.2) is 36.4 Å². The number of rotatable bonds is 5. The molecule has 0 atom stereocenters. The summed E-state index contributed by atoms with van der Waals surface area (Å²) >= 11 is 7.20. The van der Waals surface area contributed by atoms with Gasteiger partial charge in [0.05, 0.1) is 5.69 Å². The number of hydrogen-bond acceptors (Lipinski definition) is 4. The van der Waals surface area contributed by atoms with Crippen molar-refractivity contribution in [3.8, 4) is 0 Å². The third kappa shape index (κ3) is 4.15. The van der Waals surface area contributed by atoms with Crippen LogP contribution in [-0.2, 0) is 6.42 Å². The Hall–Kier alpha value is -2.11. The maximum absolute atomic E-state index is 12.5. The number of carbonyl (C=O) groups is 1. The number of anilines is 1. The molecule has 3 aromatic rings. The summed E-state index contributed by atoms with van der Waals surface area (Å²) < 4.78 is 0. The second-order valence-electron chi connectivity index (χ2n) is 7.41. The fraction of sp³-hybridized carbons (Fsp3) is 0.364. The number of nitrogens with one attached hydrogen (secondary N) is 1. The third-order valence-electron chi connectivity index (χ3n) is 5.52. The number of halogens is 1. The van der Waals surface area contributed by atoms with Gasteiger partial charge >= 0.3 is 0 Å². The van der Waals surface area contributed by atoms with Crippen molar-refractivity contribution in [1.29, 1.82) is 0 Å². The van der Waals surface area contributed by atoms with Gasteiger partial charge in [0.1, 0.15) is 14.9 Å². The highest BCUT2D eigenvalue weighted by atomic mass is 35.5. The van der Waals surface area contributed by atoms with Gasteiger partial charge in [0, 0.05) is 11.9 Å². The lowest BCUT2D eigenvalue weighted by Crippen LogP contribution is -2.25. The lowest BCUT2D eigenvalue weighted by Gasteiger charge is -2.22. The van der Waals surface area contributed by atoms with E-state index in [0.29, 0.717) is 27.1 Å². The van der Waals surface area contributed by atoms with E-state index in [-0.39, 0.29) is 5.91 Å². The lowest BCUT2D eigenvalue weighted by molar-refractivity contribution is 0.0959. The van der Waals surface area contributed by atoms with Crippen molar-refractivity contribution in [1.82, 2.24) is 10.3 Å². The van der Waals surface area contributed by atoms with Crippen LogP contribution in [0, 0.1) is 0 Å². The zero-order chi connectivity index (χ0) is 19.5. The molecule has 1 amide bonds. The third-order valence-corrected chi connectivity index (χ3v) is 6.85. The molecule has 146 valence electrons. The average molecular weight is 414 g/mol. The van der Waals surface area contributed by atoms with E-state index in [1.54, 1.807) is 12.1 Å². The molecule has 0 radical (unpaired) electrons. The number of nitrogens with zero attached hydrogens (tertiary/aromatic N) is 1. The maximum atomic E-state index is 12.5. The molecule has 3 N–H and O–H groups in total. The number of nitrogen functional groups attached to an aromatic ring is 1. The van der Waals surface area contributed by atoms with Gasteiger partial charge in [-0.3, -0.25) is 4.79 Å². The summed E-state index contributed by atoms with van der Waals surface area (Å²) in [5.41, 5.74) is 9.29. The Morgan fingerprint density at radius 2 is 1.89 bits per heavy atom. The van der Waals surface area contributed by atoms with Crippen LogP contribution in [0.4, 0.5) is 5.69 Å². The molecular weight excluding hydrogens is 390 g/mol. The maximum Gasteiger partial charge on any atom is 0.263 e. The Morgan fingerprint density at radius 1 is 1.14 bits per heavy atom. The molecule has 6 heteroatoms. The molecule has 28 heavy (non-hydrogen) atoms. The second-order valence-corrected chi connectivity index (χ2v) is 8.80. The Labute approximate surface area is 174 Å². The minimum absolute atomic E-state index is 0.157. The molecule has 1 aromatic carbocycles. The van der Waals surface area contributed by atoms with Gasteiger partial charge in [-0.2, -0.15) is 0 Å². The second kappa shape index (κ2) is 8.50. The summed E-state index contributed by atoms with van der Waals surface area (Å²) in [5.74, 6) is 0.566. The van der Waals surface area contributed by atoms with Gasteiger partial charge < -0.3 is 11.1 Å². The van der Waals surface area contributed by atoms with Crippen LogP contribution in [0.1, 0.15) is 58.8 Å². The number of thiophene rings is 1. The van der Waals surface area contributed by atoms with Gasteiger partial charge in [-0.1, -0.05) is 55.1 Å². The predicted octanol–water partition coefficient (Wildman–Crippen LogP) is 5.55. The monoisotopic (exact) mass is 413 g/mol. The van der Waals surface area contributed by atoms with E-state index >= 15 is 0 Å². The lowest BCUT2D eigenvalue weighted by atomic mass is 9.84. The summed E-state index contributed by atoms with van der Waals surface area (Å²) in [4.78, 5) is 18.0. The SMILES string of the molecule is Nc1c(C(=O)NCCc2ccc(C3CCCCC3)cc2)sc2nc(Cl)ccc12. The standard InChI is InChI=1S/C22H24ClN3OS/c23-18-11-10-17-19(24)20(28-22(17)26-18)21(27)25-13-12-14-6-8-16(9-7-14)15-4-2-1-3-5-15/h6-11,15H,1-5,12-13,24H2,(H,25,27). The Morgan fingerprint density at radius 3 is 2.64 bits per heavy atom. The Bertz CT molecular complexity index is 977. The predicted molar refractivity (Wildman–Crippen MR) is 117 cm³/mol. The van der Waals surface area contributed by atoms with Gasteiger partial charge in [-0.05, 0) is 48.4 Å². The normalized spacial score (nSPS) is 15.0. The van der Waals surface area contributed by atoms with E-state index in [0.717, 1.165) is 17.7 Å². The summed E-state index contributed by atoms with van der Waals surface area (Å²) in [6.07, 6.45) is 7.49. The number of benzene rings is 1. The van der Waals surface area contributed by atoms with Gasteiger partial charge in [-0.25, -0.2) is 4.98 Å². The molecule has 2 heterocycles. The highest BCUT2D eigenvalue weighted by Crippen LogP contribution is 2.34. The highest BCUT2D eigenvalue weighted by Gasteiger charge is 2.17. The van der Waals surface area contributed by atoms with Gasteiger partial charge in [-0.15, -0.1) is 11.3 Å². The van der Waals surface area contributed by atoms with Crippen molar-refractivity contribution in [3.05, 3.63) is 57.6 Å². The molecule has 1 aliphatic carbocycles. The van der Waals surface area contributed by atoms with Crippen LogP contribution in [0.3, 0.4) is 0 Å². The molecule has 0 aliphatic heterocycles. The largest absolute Gasteiger partial charge is 0.397 e. The summed E-state index contributed by atoms with van der Waals surface area (Å²) in [6, 6.07) is 12.4. The van der Waals surface area contributed by atoms with Gasteiger partial charge in [0.15, 0.2) is 0 Å². The number of fused-ring (bicyclic) bond motifs is 1. The number of amides is 1. The molecule has 2 aromatic heterocycles. The molecule has 4 nitrogen and oxygen atoms in total. The smallest absolute Gasteiger partial charge is 0.263 e. The number of nitrogens with two attached hydrogens (primary N) is 1. The fourth-order valence-corrected chi connectivity index (χ4v) is 5.14. The zero-order valence-corrected chi connectivity index (χ0v) is 17.3. The van der Waals surface area contributed by atoms with E-state index in [9.17, 15) is 4.79 Å². The first-order chi connectivity index (χ1) is 13.6. The molecular formula is C22H24ClN3OS. The molecule has 1 aliphatic rings. The van der Waals surface area contributed by atoms with Crippen LogP contribution in [0.5, 0.6) is 0 Å². The van der Waals surface area contributed by atoms with Crippen LogP contribution in [-0.4, -0.2) is 17.4 Å².